The summed E-state index contributed by atoms with van der Waals surface area (Å²) in [5.74, 6) is -0.243. The third-order valence-corrected chi connectivity index (χ3v) is 2.83. The smallest absolute Gasteiger partial charge is 0.410 e. The molecule has 0 aromatic carbocycles. The van der Waals surface area contributed by atoms with Crippen LogP contribution in [0.25, 0.3) is 0 Å². The van der Waals surface area contributed by atoms with Crippen LogP contribution in [-0.2, 0) is 16.1 Å². The summed E-state index contributed by atoms with van der Waals surface area (Å²) in [5.41, 5.74) is 0.315. The topological polar surface area (TPSA) is 71.5 Å². The monoisotopic (exact) mass is 293 g/mol. The Bertz CT molecular complexity index is 483. The van der Waals surface area contributed by atoms with Gasteiger partial charge in [0, 0.05) is 26.0 Å². The second-order valence-electron chi connectivity index (χ2n) is 5.85. The summed E-state index contributed by atoms with van der Waals surface area (Å²) in [5, 5.41) is 2.77. The van der Waals surface area contributed by atoms with Crippen molar-refractivity contribution >= 4 is 12.0 Å². The van der Waals surface area contributed by atoms with Gasteiger partial charge >= 0.3 is 6.09 Å². The molecule has 1 rings (SSSR count). The fourth-order valence-electron chi connectivity index (χ4n) is 1.51. The van der Waals surface area contributed by atoms with E-state index in [9.17, 15) is 9.59 Å². The van der Waals surface area contributed by atoms with Gasteiger partial charge in [-0.25, -0.2) is 4.79 Å². The first kappa shape index (κ1) is 16.9. The summed E-state index contributed by atoms with van der Waals surface area (Å²) in [6.45, 7) is 7.38. The van der Waals surface area contributed by atoms with Crippen LogP contribution in [0.4, 0.5) is 4.79 Å². The van der Waals surface area contributed by atoms with E-state index in [0.717, 1.165) is 5.56 Å². The van der Waals surface area contributed by atoms with E-state index in [-0.39, 0.29) is 5.91 Å². The quantitative estimate of drug-likeness (QED) is 0.921. The molecule has 21 heavy (non-hydrogen) atoms. The van der Waals surface area contributed by atoms with Crippen LogP contribution in [-0.4, -0.2) is 40.6 Å². The summed E-state index contributed by atoms with van der Waals surface area (Å²) >= 11 is 0. The first-order valence-electron chi connectivity index (χ1n) is 6.83. The summed E-state index contributed by atoms with van der Waals surface area (Å²) < 4.78 is 5.23. The first-order valence-corrected chi connectivity index (χ1v) is 6.83. The number of amides is 2. The van der Waals surface area contributed by atoms with Crippen LogP contribution in [0.2, 0.25) is 0 Å². The largest absolute Gasteiger partial charge is 0.444 e. The molecule has 0 aliphatic carbocycles. The minimum Gasteiger partial charge on any atom is -0.444 e. The summed E-state index contributed by atoms with van der Waals surface area (Å²) in [6.07, 6.45) is 2.83. The highest BCUT2D eigenvalue weighted by molar-refractivity contribution is 5.85. The Labute approximate surface area is 125 Å². The number of rotatable bonds is 4. The molecule has 0 fully saturated rings. The number of ether oxygens (including phenoxy) is 1. The van der Waals surface area contributed by atoms with Gasteiger partial charge in [-0.05, 0) is 39.3 Å². The van der Waals surface area contributed by atoms with Crippen molar-refractivity contribution in [3.8, 4) is 0 Å². The molecule has 116 valence electrons. The predicted molar refractivity (Wildman–Crippen MR) is 79.5 cm³/mol. The van der Waals surface area contributed by atoms with Gasteiger partial charge in [0.15, 0.2) is 0 Å². The summed E-state index contributed by atoms with van der Waals surface area (Å²) in [7, 11) is 1.54. The molecule has 1 heterocycles. The van der Waals surface area contributed by atoms with Crippen molar-refractivity contribution < 1.29 is 14.3 Å². The number of hydrogen-bond acceptors (Lipinski definition) is 4. The van der Waals surface area contributed by atoms with Crippen molar-refractivity contribution in [2.75, 3.05) is 7.05 Å². The Hall–Kier alpha value is -2.11. The van der Waals surface area contributed by atoms with E-state index < -0.39 is 17.7 Å². The zero-order valence-electron chi connectivity index (χ0n) is 13.2. The zero-order chi connectivity index (χ0) is 16.0. The molecule has 1 atom stereocenters. The van der Waals surface area contributed by atoms with Crippen molar-refractivity contribution in [3.05, 3.63) is 30.1 Å². The molecule has 0 radical (unpaired) electrons. The predicted octanol–water partition coefficient (Wildman–Crippen LogP) is 1.95. The highest BCUT2D eigenvalue weighted by atomic mass is 16.6. The van der Waals surface area contributed by atoms with E-state index in [1.807, 2.05) is 6.07 Å². The number of pyridine rings is 1. The molecule has 1 N–H and O–H groups in total. The molecule has 0 saturated carbocycles. The van der Waals surface area contributed by atoms with E-state index in [1.165, 1.54) is 4.90 Å². The molecule has 0 bridgehead atoms. The normalized spacial score (nSPS) is 12.4. The molecule has 2 amide bonds. The number of likely N-dealkylation sites (N-methyl/N-ethyl adjacent to an activating group) is 1. The van der Waals surface area contributed by atoms with Crippen LogP contribution in [0.3, 0.4) is 0 Å². The average molecular weight is 293 g/mol. The van der Waals surface area contributed by atoms with Crippen molar-refractivity contribution in [2.24, 2.45) is 0 Å². The van der Waals surface area contributed by atoms with Crippen LogP contribution in [0.1, 0.15) is 33.3 Å². The number of aromatic nitrogens is 1. The van der Waals surface area contributed by atoms with E-state index in [4.69, 9.17) is 4.74 Å². The van der Waals surface area contributed by atoms with Crippen molar-refractivity contribution in [1.82, 2.24) is 15.2 Å². The van der Waals surface area contributed by atoms with Gasteiger partial charge in [-0.1, -0.05) is 6.07 Å². The van der Waals surface area contributed by atoms with Crippen LogP contribution < -0.4 is 5.32 Å². The maximum atomic E-state index is 12.0. The number of nitrogens with one attached hydrogen (secondary N) is 1. The Balaban J connectivity index is 2.51. The van der Waals surface area contributed by atoms with E-state index in [0.29, 0.717) is 6.54 Å². The van der Waals surface area contributed by atoms with Crippen LogP contribution in [0.5, 0.6) is 0 Å². The third-order valence-electron chi connectivity index (χ3n) is 2.83. The molecule has 1 aromatic rings. The van der Waals surface area contributed by atoms with Crippen molar-refractivity contribution in [1.29, 1.82) is 0 Å². The molecular formula is C15H23N3O3. The molecule has 6 heteroatoms. The maximum Gasteiger partial charge on any atom is 0.410 e. The highest BCUT2D eigenvalue weighted by Crippen LogP contribution is 2.10. The molecular weight excluding hydrogens is 270 g/mol. The number of hydrogen-bond donors (Lipinski definition) is 1. The van der Waals surface area contributed by atoms with Gasteiger partial charge in [-0.3, -0.25) is 14.7 Å². The minimum atomic E-state index is -0.614. The van der Waals surface area contributed by atoms with Gasteiger partial charge in [-0.2, -0.15) is 0 Å². The molecule has 0 aliphatic heterocycles. The Kier molecular flexibility index (Phi) is 5.69. The minimum absolute atomic E-state index is 0.243. The molecule has 0 spiro atoms. The Morgan fingerprint density at radius 2 is 2.10 bits per heavy atom. The Morgan fingerprint density at radius 1 is 1.43 bits per heavy atom. The van der Waals surface area contributed by atoms with Crippen LogP contribution in [0.15, 0.2) is 24.5 Å². The summed E-state index contributed by atoms with van der Waals surface area (Å²) in [4.78, 5) is 29.2. The molecule has 0 saturated heterocycles. The highest BCUT2D eigenvalue weighted by Gasteiger charge is 2.26. The maximum absolute atomic E-state index is 12.0. The number of carbonyl (C=O) groups is 2. The first-order chi connectivity index (χ1) is 9.70. The van der Waals surface area contributed by atoms with E-state index in [1.54, 1.807) is 53.2 Å². The third kappa shape index (κ3) is 5.81. The summed E-state index contributed by atoms with van der Waals surface area (Å²) in [6, 6.07) is 3.06. The lowest BCUT2D eigenvalue weighted by molar-refractivity contribution is -0.125. The molecule has 1 unspecified atom stereocenters. The molecule has 6 nitrogen and oxygen atoms in total. The second-order valence-corrected chi connectivity index (χ2v) is 5.85. The SMILES string of the molecule is CC(C(=O)NCc1cccnc1)N(C)C(=O)OC(C)(C)C. The van der Waals surface area contributed by atoms with Gasteiger partial charge in [0.05, 0.1) is 0 Å². The molecule has 1 aromatic heterocycles. The van der Waals surface area contributed by atoms with Gasteiger partial charge in [0.1, 0.15) is 11.6 Å². The van der Waals surface area contributed by atoms with Crippen LogP contribution in [0, 0.1) is 0 Å². The average Bonchev–Trinajstić information content (AvgIpc) is 2.42. The second kappa shape index (κ2) is 7.06. The standard InChI is InChI=1S/C15H23N3O3/c1-11(18(5)14(20)21-15(2,3)4)13(19)17-10-12-7-6-8-16-9-12/h6-9,11H,10H2,1-5H3,(H,17,19). The zero-order valence-corrected chi connectivity index (χ0v) is 13.2. The lowest BCUT2D eigenvalue weighted by Crippen LogP contribution is -2.47. The van der Waals surface area contributed by atoms with E-state index >= 15 is 0 Å². The fourth-order valence-corrected chi connectivity index (χ4v) is 1.51. The lowest BCUT2D eigenvalue weighted by atomic mass is 10.2. The van der Waals surface area contributed by atoms with Crippen LogP contribution >= 0.6 is 0 Å². The van der Waals surface area contributed by atoms with Crippen molar-refractivity contribution in [2.45, 2.75) is 45.9 Å². The molecule has 0 aliphatic rings. The number of nitrogens with zero attached hydrogens (tertiary/aromatic N) is 2. The van der Waals surface area contributed by atoms with Gasteiger partial charge < -0.3 is 10.1 Å². The Morgan fingerprint density at radius 3 is 2.62 bits per heavy atom. The van der Waals surface area contributed by atoms with Gasteiger partial charge in [0.2, 0.25) is 5.91 Å². The van der Waals surface area contributed by atoms with E-state index in [2.05, 4.69) is 10.3 Å². The van der Waals surface area contributed by atoms with Gasteiger partial charge in [-0.15, -0.1) is 0 Å². The van der Waals surface area contributed by atoms with Gasteiger partial charge in [0.25, 0.3) is 0 Å². The number of carbonyl (C=O) groups excluding carboxylic acids is 2. The lowest BCUT2D eigenvalue weighted by Gasteiger charge is -2.28. The van der Waals surface area contributed by atoms with Crippen molar-refractivity contribution in [3.63, 3.8) is 0 Å². The fraction of sp³-hybridized carbons (Fsp3) is 0.533.